The Hall–Kier alpha value is -2.71. The minimum Gasteiger partial charge on any atom is -0.455 e. The molecule has 34 heavy (non-hydrogen) atoms. The highest BCUT2D eigenvalue weighted by Crippen LogP contribution is 2.25. The van der Waals surface area contributed by atoms with E-state index >= 15 is 0 Å². The van der Waals surface area contributed by atoms with Gasteiger partial charge in [-0.2, -0.15) is 4.31 Å². The summed E-state index contributed by atoms with van der Waals surface area (Å²) in [5.74, 6) is -0.719. The summed E-state index contributed by atoms with van der Waals surface area (Å²) in [7, 11) is -3.58. The van der Waals surface area contributed by atoms with Crippen molar-refractivity contribution in [3.05, 3.63) is 65.2 Å². The van der Waals surface area contributed by atoms with Crippen molar-refractivity contribution in [1.29, 1.82) is 0 Å². The summed E-state index contributed by atoms with van der Waals surface area (Å²) in [5.41, 5.74) is 3.40. The standard InChI is InChI=1S/C26H34N2O5S/c1-19(2)22-8-6-21(7-9-22)12-15-27-25(29)18-33-26(30)23-13-16-28(17-14-23)34(31,32)24-10-4-20(3)5-11-24/h4-11,19,23H,12-18H2,1-3H3,(H,27,29). The average Bonchev–Trinajstić information content (AvgIpc) is 2.83. The predicted molar refractivity (Wildman–Crippen MR) is 131 cm³/mol. The second-order valence-corrected chi connectivity index (χ2v) is 11.0. The van der Waals surface area contributed by atoms with Gasteiger partial charge in [0.25, 0.3) is 5.91 Å². The fourth-order valence-electron chi connectivity index (χ4n) is 3.91. The SMILES string of the molecule is Cc1ccc(S(=O)(=O)N2CCC(C(=O)OCC(=O)NCCc3ccc(C(C)C)cc3)CC2)cc1. The number of nitrogens with one attached hydrogen (secondary N) is 1. The molecule has 2 aromatic rings. The fourth-order valence-corrected chi connectivity index (χ4v) is 5.38. The molecule has 7 nitrogen and oxygen atoms in total. The summed E-state index contributed by atoms with van der Waals surface area (Å²) in [6.45, 7) is 6.83. The normalized spacial score (nSPS) is 15.3. The molecule has 0 bridgehead atoms. The van der Waals surface area contributed by atoms with E-state index in [9.17, 15) is 18.0 Å². The van der Waals surface area contributed by atoms with Crippen LogP contribution >= 0.6 is 0 Å². The Balaban J connectivity index is 1.37. The van der Waals surface area contributed by atoms with E-state index in [1.54, 1.807) is 24.3 Å². The second-order valence-electron chi connectivity index (χ2n) is 9.10. The van der Waals surface area contributed by atoms with Crippen molar-refractivity contribution < 1.29 is 22.7 Å². The molecular formula is C26H34N2O5S. The van der Waals surface area contributed by atoms with Crippen LogP contribution in [0.25, 0.3) is 0 Å². The monoisotopic (exact) mass is 486 g/mol. The Kier molecular flexibility index (Phi) is 8.85. The maximum absolute atomic E-state index is 12.8. The maximum atomic E-state index is 12.8. The van der Waals surface area contributed by atoms with Crippen molar-refractivity contribution in [3.63, 3.8) is 0 Å². The van der Waals surface area contributed by atoms with E-state index in [-0.39, 0.29) is 30.5 Å². The van der Waals surface area contributed by atoms with Crippen molar-refractivity contribution >= 4 is 21.9 Å². The van der Waals surface area contributed by atoms with E-state index < -0.39 is 21.9 Å². The zero-order valence-electron chi connectivity index (χ0n) is 20.1. The number of esters is 1. The van der Waals surface area contributed by atoms with Crippen LogP contribution in [0.1, 0.15) is 49.3 Å². The van der Waals surface area contributed by atoms with E-state index in [0.29, 0.717) is 31.7 Å². The third-order valence-corrected chi connectivity index (χ3v) is 8.09. The Morgan fingerprint density at radius 1 is 1.03 bits per heavy atom. The number of rotatable bonds is 9. The number of aryl methyl sites for hydroxylation is 1. The third kappa shape index (κ3) is 6.90. The van der Waals surface area contributed by atoms with Gasteiger partial charge in [0.1, 0.15) is 0 Å². The number of hydrogen-bond acceptors (Lipinski definition) is 5. The van der Waals surface area contributed by atoms with Gasteiger partial charge in [-0.1, -0.05) is 55.8 Å². The van der Waals surface area contributed by atoms with Crippen LogP contribution in [0, 0.1) is 12.8 Å². The molecule has 8 heteroatoms. The first-order valence-corrected chi connectivity index (χ1v) is 13.2. The quantitative estimate of drug-likeness (QED) is 0.548. The molecule has 1 saturated heterocycles. The van der Waals surface area contributed by atoms with E-state index in [4.69, 9.17) is 4.74 Å². The minimum atomic E-state index is -3.58. The van der Waals surface area contributed by atoms with Crippen LogP contribution in [-0.4, -0.2) is 50.8 Å². The molecule has 0 aromatic heterocycles. The van der Waals surface area contributed by atoms with Gasteiger partial charge < -0.3 is 10.1 Å². The van der Waals surface area contributed by atoms with Crippen molar-refractivity contribution in [2.45, 2.75) is 50.8 Å². The van der Waals surface area contributed by atoms with Gasteiger partial charge in [-0.15, -0.1) is 0 Å². The lowest BCUT2D eigenvalue weighted by Gasteiger charge is -2.30. The van der Waals surface area contributed by atoms with Gasteiger partial charge in [-0.3, -0.25) is 9.59 Å². The van der Waals surface area contributed by atoms with E-state index in [1.165, 1.54) is 9.87 Å². The second kappa shape index (κ2) is 11.6. The lowest BCUT2D eigenvalue weighted by atomic mass is 9.98. The topological polar surface area (TPSA) is 92.8 Å². The van der Waals surface area contributed by atoms with Gasteiger partial charge in [0.05, 0.1) is 10.8 Å². The van der Waals surface area contributed by atoms with Gasteiger partial charge in [-0.05, 0) is 55.4 Å². The number of nitrogens with zero attached hydrogens (tertiary/aromatic N) is 1. The molecule has 2 aromatic carbocycles. The number of sulfonamides is 1. The maximum Gasteiger partial charge on any atom is 0.309 e. The molecule has 1 fully saturated rings. The number of hydrogen-bond donors (Lipinski definition) is 1. The lowest BCUT2D eigenvalue weighted by Crippen LogP contribution is -2.41. The number of ether oxygens (including phenoxy) is 1. The van der Waals surface area contributed by atoms with Gasteiger partial charge in [0, 0.05) is 19.6 Å². The molecule has 0 aliphatic carbocycles. The van der Waals surface area contributed by atoms with E-state index in [1.807, 2.05) is 6.92 Å². The molecule has 1 heterocycles. The molecule has 0 unspecified atom stereocenters. The molecule has 184 valence electrons. The smallest absolute Gasteiger partial charge is 0.309 e. The first-order valence-electron chi connectivity index (χ1n) is 11.8. The molecule has 1 aliphatic rings. The minimum absolute atomic E-state index is 0.248. The van der Waals surface area contributed by atoms with Crippen LogP contribution in [0.5, 0.6) is 0 Å². The Labute approximate surface area is 202 Å². The highest BCUT2D eigenvalue weighted by Gasteiger charge is 2.32. The van der Waals surface area contributed by atoms with Gasteiger partial charge >= 0.3 is 5.97 Å². The highest BCUT2D eigenvalue weighted by atomic mass is 32.2. The van der Waals surface area contributed by atoms with Crippen LogP contribution in [0.3, 0.4) is 0 Å². The van der Waals surface area contributed by atoms with Gasteiger partial charge in [0.2, 0.25) is 10.0 Å². The summed E-state index contributed by atoms with van der Waals surface area (Å²) >= 11 is 0. The van der Waals surface area contributed by atoms with Crippen LogP contribution in [0.2, 0.25) is 0 Å². The fraction of sp³-hybridized carbons (Fsp3) is 0.462. The molecule has 0 spiro atoms. The summed E-state index contributed by atoms with van der Waals surface area (Å²) < 4.78 is 32.2. The molecule has 3 rings (SSSR count). The largest absolute Gasteiger partial charge is 0.455 e. The third-order valence-electron chi connectivity index (χ3n) is 6.17. The molecule has 0 atom stereocenters. The molecular weight excluding hydrogens is 452 g/mol. The van der Waals surface area contributed by atoms with Crippen LogP contribution in [0.4, 0.5) is 0 Å². The van der Waals surface area contributed by atoms with Crippen molar-refractivity contribution in [2.24, 2.45) is 5.92 Å². The predicted octanol–water partition coefficient (Wildman–Crippen LogP) is 3.42. The molecule has 0 saturated carbocycles. The number of carbonyl (C=O) groups is 2. The highest BCUT2D eigenvalue weighted by molar-refractivity contribution is 7.89. The Morgan fingerprint density at radius 3 is 2.24 bits per heavy atom. The molecule has 1 aliphatic heterocycles. The van der Waals surface area contributed by atoms with Crippen molar-refractivity contribution in [3.8, 4) is 0 Å². The van der Waals surface area contributed by atoms with E-state index in [2.05, 4.69) is 43.4 Å². The first kappa shape index (κ1) is 25.9. The summed E-state index contributed by atoms with van der Waals surface area (Å²) in [6, 6.07) is 15.1. The van der Waals surface area contributed by atoms with Crippen LogP contribution < -0.4 is 5.32 Å². The summed E-state index contributed by atoms with van der Waals surface area (Å²) in [6.07, 6.45) is 1.45. The zero-order chi connectivity index (χ0) is 24.7. The van der Waals surface area contributed by atoms with Crippen LogP contribution in [0.15, 0.2) is 53.4 Å². The van der Waals surface area contributed by atoms with Crippen molar-refractivity contribution in [2.75, 3.05) is 26.2 Å². The van der Waals surface area contributed by atoms with E-state index in [0.717, 1.165) is 11.1 Å². The van der Waals surface area contributed by atoms with Gasteiger partial charge in [0.15, 0.2) is 6.61 Å². The molecule has 1 N–H and O–H groups in total. The van der Waals surface area contributed by atoms with Crippen molar-refractivity contribution in [1.82, 2.24) is 9.62 Å². The number of amides is 1. The first-order chi connectivity index (χ1) is 16.2. The number of carbonyl (C=O) groups excluding carboxylic acids is 2. The molecule has 1 amide bonds. The summed E-state index contributed by atoms with van der Waals surface area (Å²) in [5, 5.41) is 2.77. The average molecular weight is 487 g/mol. The van der Waals surface area contributed by atoms with Crippen LogP contribution in [-0.2, 0) is 30.8 Å². The molecule has 0 radical (unpaired) electrons. The lowest BCUT2D eigenvalue weighted by molar-refractivity contribution is -0.153. The summed E-state index contributed by atoms with van der Waals surface area (Å²) in [4.78, 5) is 24.7. The number of benzene rings is 2. The van der Waals surface area contributed by atoms with Gasteiger partial charge in [-0.25, -0.2) is 8.42 Å². The number of piperidine rings is 1. The Morgan fingerprint density at radius 2 is 1.65 bits per heavy atom. The zero-order valence-corrected chi connectivity index (χ0v) is 20.9. The Bertz CT molecular complexity index is 1070.